The van der Waals surface area contributed by atoms with E-state index in [1.54, 1.807) is 18.3 Å². The van der Waals surface area contributed by atoms with Gasteiger partial charge < -0.3 is 9.84 Å². The number of carbonyl (C=O) groups is 1. The molecule has 1 aliphatic rings. The number of nitrogens with zero attached hydrogens (tertiary/aromatic N) is 1. The number of carboxylic acid groups (broad SMARTS) is 1. The summed E-state index contributed by atoms with van der Waals surface area (Å²) in [5.74, 6) is -0.369. The van der Waals surface area contributed by atoms with Crippen LogP contribution in [0.15, 0.2) is 22.5 Å². The number of hydrogen-bond acceptors (Lipinski definition) is 5. The largest absolute Gasteiger partial charge is 0.479 e. The molecule has 1 heterocycles. The topological polar surface area (TPSA) is 59.4 Å². The number of rotatable bonds is 4. The van der Waals surface area contributed by atoms with Gasteiger partial charge in [0, 0.05) is 10.4 Å². The van der Waals surface area contributed by atoms with Gasteiger partial charge >= 0.3 is 5.97 Å². The van der Waals surface area contributed by atoms with Crippen LogP contribution < -0.4 is 4.74 Å². The molecule has 1 atom stereocenters. The van der Waals surface area contributed by atoms with Crippen LogP contribution in [0.3, 0.4) is 0 Å². The van der Waals surface area contributed by atoms with E-state index < -0.39 is 12.1 Å². The molecule has 0 spiro atoms. The number of benzene rings is 1. The summed E-state index contributed by atoms with van der Waals surface area (Å²) in [6.07, 6.45) is 1.55. The average Bonchev–Trinajstić information content (AvgIpc) is 2.85. The van der Waals surface area contributed by atoms with Crippen molar-refractivity contribution in [1.82, 2.24) is 4.98 Å². The highest BCUT2D eigenvalue weighted by molar-refractivity contribution is 7.82. The molecule has 0 saturated carbocycles. The number of hydrogen-bond donors (Lipinski definition) is 2. The SMILES string of the molecule is CCC(Oc1ccc2c(c1)-c1nc(S)sc1CC2)C(=O)O. The number of thiazole rings is 1. The van der Waals surface area contributed by atoms with Crippen LogP contribution in [0.4, 0.5) is 0 Å². The third-order valence-corrected chi connectivity index (χ3v) is 4.86. The summed E-state index contributed by atoms with van der Waals surface area (Å²) >= 11 is 5.93. The molecule has 0 amide bonds. The highest BCUT2D eigenvalue weighted by Crippen LogP contribution is 2.39. The molecule has 1 unspecified atom stereocenters. The van der Waals surface area contributed by atoms with Crippen molar-refractivity contribution in [2.45, 2.75) is 36.6 Å². The zero-order chi connectivity index (χ0) is 15.0. The first-order valence-electron chi connectivity index (χ1n) is 6.80. The van der Waals surface area contributed by atoms with E-state index in [0.717, 1.165) is 28.4 Å². The Morgan fingerprint density at radius 3 is 3.05 bits per heavy atom. The number of aromatic nitrogens is 1. The van der Waals surface area contributed by atoms with Gasteiger partial charge in [-0.3, -0.25) is 0 Å². The van der Waals surface area contributed by atoms with E-state index in [1.165, 1.54) is 10.4 Å². The van der Waals surface area contributed by atoms with Crippen LogP contribution in [0.2, 0.25) is 0 Å². The molecule has 110 valence electrons. The summed E-state index contributed by atoms with van der Waals surface area (Å²) < 4.78 is 6.33. The van der Waals surface area contributed by atoms with Gasteiger partial charge in [0.15, 0.2) is 6.10 Å². The molecule has 3 rings (SSSR count). The van der Waals surface area contributed by atoms with Gasteiger partial charge in [0.2, 0.25) is 0 Å². The van der Waals surface area contributed by atoms with Gasteiger partial charge in [-0.05, 0) is 37.0 Å². The van der Waals surface area contributed by atoms with Crippen molar-refractivity contribution in [3.8, 4) is 17.0 Å². The summed E-state index contributed by atoms with van der Waals surface area (Å²) in [7, 11) is 0. The quantitative estimate of drug-likeness (QED) is 0.847. The van der Waals surface area contributed by atoms with Gasteiger partial charge in [0.1, 0.15) is 10.1 Å². The first-order chi connectivity index (χ1) is 10.1. The Hall–Kier alpha value is -1.53. The van der Waals surface area contributed by atoms with E-state index in [9.17, 15) is 4.79 Å². The minimum Gasteiger partial charge on any atom is -0.479 e. The molecule has 21 heavy (non-hydrogen) atoms. The van der Waals surface area contributed by atoms with E-state index in [2.05, 4.69) is 17.6 Å². The number of fused-ring (bicyclic) bond motifs is 3. The molecular formula is C15H15NO3S2. The lowest BCUT2D eigenvalue weighted by Crippen LogP contribution is -2.25. The Morgan fingerprint density at radius 2 is 2.33 bits per heavy atom. The Bertz CT molecular complexity index is 696. The number of carboxylic acids is 1. The fourth-order valence-corrected chi connectivity index (χ4v) is 3.75. The third-order valence-electron chi connectivity index (χ3n) is 3.57. The fourth-order valence-electron chi connectivity index (χ4n) is 2.51. The number of thiol groups is 1. The molecule has 1 N–H and O–H groups in total. The van der Waals surface area contributed by atoms with Crippen LogP contribution in [-0.4, -0.2) is 22.2 Å². The molecule has 4 nitrogen and oxygen atoms in total. The van der Waals surface area contributed by atoms with Crippen LogP contribution in [0.5, 0.6) is 5.75 Å². The molecule has 6 heteroatoms. The van der Waals surface area contributed by atoms with Crippen molar-refractivity contribution in [3.63, 3.8) is 0 Å². The van der Waals surface area contributed by atoms with Crippen LogP contribution in [0.25, 0.3) is 11.3 Å². The number of aryl methyl sites for hydroxylation is 2. The van der Waals surface area contributed by atoms with E-state index in [1.807, 2.05) is 18.2 Å². The summed E-state index contributed by atoms with van der Waals surface area (Å²) in [6, 6.07) is 5.73. The lowest BCUT2D eigenvalue weighted by Gasteiger charge is -2.18. The van der Waals surface area contributed by atoms with Crippen molar-refractivity contribution >= 4 is 29.9 Å². The molecule has 0 aliphatic heterocycles. The van der Waals surface area contributed by atoms with Gasteiger partial charge in [-0.2, -0.15) is 0 Å². The van der Waals surface area contributed by atoms with Crippen LogP contribution in [0, 0.1) is 0 Å². The van der Waals surface area contributed by atoms with Gasteiger partial charge in [0.05, 0.1) is 5.69 Å². The lowest BCUT2D eigenvalue weighted by molar-refractivity contribution is -0.145. The Labute approximate surface area is 132 Å². The molecule has 0 radical (unpaired) electrons. The molecule has 1 aromatic heterocycles. The smallest absolute Gasteiger partial charge is 0.344 e. The van der Waals surface area contributed by atoms with Crippen LogP contribution in [0.1, 0.15) is 23.8 Å². The summed E-state index contributed by atoms with van der Waals surface area (Å²) in [4.78, 5) is 16.8. The standard InChI is InChI=1S/C15H15NO3S2/c1-2-11(14(17)18)19-9-5-3-8-4-6-12-13(10(8)7-9)16-15(20)21-12/h3,5,7,11H,2,4,6H2,1H3,(H,16,20)(H,17,18). The first-order valence-corrected chi connectivity index (χ1v) is 8.06. The molecule has 1 aliphatic carbocycles. The van der Waals surface area contributed by atoms with Gasteiger partial charge in [-0.15, -0.1) is 24.0 Å². The summed E-state index contributed by atoms with van der Waals surface area (Å²) in [6.45, 7) is 1.79. The highest BCUT2D eigenvalue weighted by Gasteiger charge is 2.22. The first kappa shape index (κ1) is 14.4. The molecule has 1 aromatic carbocycles. The zero-order valence-corrected chi connectivity index (χ0v) is 13.2. The van der Waals surface area contributed by atoms with Gasteiger partial charge in [-0.1, -0.05) is 13.0 Å². The van der Waals surface area contributed by atoms with Crippen molar-refractivity contribution in [2.24, 2.45) is 0 Å². The van der Waals surface area contributed by atoms with Crippen molar-refractivity contribution in [3.05, 3.63) is 28.6 Å². The van der Waals surface area contributed by atoms with Crippen molar-refractivity contribution < 1.29 is 14.6 Å². The van der Waals surface area contributed by atoms with E-state index >= 15 is 0 Å². The predicted molar refractivity (Wildman–Crippen MR) is 84.6 cm³/mol. The molecule has 0 bridgehead atoms. The van der Waals surface area contributed by atoms with Crippen molar-refractivity contribution in [2.75, 3.05) is 0 Å². The minimum atomic E-state index is -0.942. The Kier molecular flexibility index (Phi) is 3.91. The average molecular weight is 321 g/mol. The van der Waals surface area contributed by atoms with Crippen LogP contribution in [-0.2, 0) is 17.6 Å². The molecule has 0 saturated heterocycles. The third kappa shape index (κ3) is 2.78. The van der Waals surface area contributed by atoms with E-state index in [0.29, 0.717) is 12.2 Å². The fraction of sp³-hybridized carbons (Fsp3) is 0.333. The number of aliphatic carboxylic acids is 1. The molecule has 0 fully saturated rings. The molecule has 2 aromatic rings. The second-order valence-electron chi connectivity index (χ2n) is 4.94. The predicted octanol–water partition coefficient (Wildman–Crippen LogP) is 3.44. The maximum atomic E-state index is 11.1. The van der Waals surface area contributed by atoms with Gasteiger partial charge in [-0.25, -0.2) is 9.78 Å². The Morgan fingerprint density at radius 1 is 1.52 bits per heavy atom. The van der Waals surface area contributed by atoms with E-state index in [-0.39, 0.29) is 0 Å². The maximum absolute atomic E-state index is 11.1. The van der Waals surface area contributed by atoms with E-state index in [4.69, 9.17) is 9.84 Å². The normalized spacial score (nSPS) is 14.2. The second-order valence-corrected chi connectivity index (χ2v) is 6.75. The summed E-state index contributed by atoms with van der Waals surface area (Å²) in [5.41, 5.74) is 3.21. The number of ether oxygens (including phenoxy) is 1. The van der Waals surface area contributed by atoms with Crippen molar-refractivity contribution in [1.29, 1.82) is 0 Å². The highest BCUT2D eigenvalue weighted by atomic mass is 32.2. The monoisotopic (exact) mass is 321 g/mol. The van der Waals surface area contributed by atoms with Crippen LogP contribution >= 0.6 is 24.0 Å². The summed E-state index contributed by atoms with van der Waals surface area (Å²) in [5, 5.41) is 9.09. The Balaban J connectivity index is 1.96. The van der Waals surface area contributed by atoms with Gasteiger partial charge in [0.25, 0.3) is 0 Å². The zero-order valence-electron chi connectivity index (χ0n) is 11.5. The molecular weight excluding hydrogens is 306 g/mol. The minimum absolute atomic E-state index is 0.426. The lowest BCUT2D eigenvalue weighted by atomic mass is 9.93. The maximum Gasteiger partial charge on any atom is 0.344 e. The second kappa shape index (κ2) is 5.69.